The van der Waals surface area contributed by atoms with Gasteiger partial charge in [0.05, 0.1) is 0 Å². The highest BCUT2D eigenvalue weighted by Crippen LogP contribution is 2.44. The van der Waals surface area contributed by atoms with Gasteiger partial charge in [-0.1, -0.05) is 54.9 Å². The zero-order valence-electron chi connectivity index (χ0n) is 15.9. The first-order valence-electron chi connectivity index (χ1n) is 9.31. The number of rotatable bonds is 8. The van der Waals surface area contributed by atoms with Crippen LogP contribution < -0.4 is 5.32 Å². The van der Waals surface area contributed by atoms with Crippen LogP contribution in [0.1, 0.15) is 87.0 Å². The summed E-state index contributed by atoms with van der Waals surface area (Å²) in [6.07, 6.45) is 8.52. The summed E-state index contributed by atoms with van der Waals surface area (Å²) < 4.78 is 0. The van der Waals surface area contributed by atoms with Crippen LogP contribution in [-0.2, 0) is 0 Å². The average molecular weight is 296 g/mol. The average Bonchev–Trinajstić information content (AvgIpc) is 2.81. The van der Waals surface area contributed by atoms with E-state index in [1.165, 1.54) is 51.6 Å². The third-order valence-electron chi connectivity index (χ3n) is 5.43. The summed E-state index contributed by atoms with van der Waals surface area (Å²) >= 11 is 0. The van der Waals surface area contributed by atoms with E-state index in [-0.39, 0.29) is 0 Å². The molecule has 0 heterocycles. The number of nitrogens with one attached hydrogen (secondary N) is 1. The largest absolute Gasteiger partial charge is 0.316 e. The van der Waals surface area contributed by atoms with Crippen molar-refractivity contribution >= 4 is 0 Å². The van der Waals surface area contributed by atoms with Crippen LogP contribution in [0, 0.1) is 28.6 Å². The van der Waals surface area contributed by atoms with E-state index < -0.39 is 0 Å². The Morgan fingerprint density at radius 2 is 1.71 bits per heavy atom. The molecule has 0 aromatic rings. The number of hydrogen-bond donors (Lipinski definition) is 1. The molecule has 0 aromatic carbocycles. The van der Waals surface area contributed by atoms with E-state index in [0.717, 1.165) is 17.8 Å². The predicted octanol–water partition coefficient (Wildman–Crippen LogP) is 5.89. The summed E-state index contributed by atoms with van der Waals surface area (Å²) in [5.41, 5.74) is 0.972. The van der Waals surface area contributed by atoms with Crippen molar-refractivity contribution in [1.29, 1.82) is 0 Å². The summed E-state index contributed by atoms with van der Waals surface area (Å²) in [5.74, 6) is 2.73. The van der Waals surface area contributed by atoms with Crippen LogP contribution >= 0.6 is 0 Å². The van der Waals surface area contributed by atoms with E-state index in [0.29, 0.717) is 10.8 Å². The van der Waals surface area contributed by atoms with Crippen molar-refractivity contribution < 1.29 is 0 Å². The molecule has 1 aliphatic rings. The summed E-state index contributed by atoms with van der Waals surface area (Å²) in [7, 11) is 0. The molecule has 1 N–H and O–H groups in total. The van der Waals surface area contributed by atoms with Gasteiger partial charge in [0.15, 0.2) is 0 Å². The lowest BCUT2D eigenvalue weighted by atomic mass is 9.76. The molecule has 0 saturated heterocycles. The normalized spacial score (nSPS) is 24.0. The second-order valence-electron chi connectivity index (χ2n) is 9.82. The SMILES string of the molecule is CC(C)CCNCC(C)(C)C1CCC(CCC(C)(C)C)C1. The van der Waals surface area contributed by atoms with Crippen molar-refractivity contribution in [2.75, 3.05) is 13.1 Å². The highest BCUT2D eigenvalue weighted by Gasteiger charge is 2.35. The van der Waals surface area contributed by atoms with Crippen LogP contribution in [0.3, 0.4) is 0 Å². The smallest absolute Gasteiger partial charge is 0.000517 e. The fraction of sp³-hybridized carbons (Fsp3) is 1.00. The monoisotopic (exact) mass is 295 g/mol. The summed E-state index contributed by atoms with van der Waals surface area (Å²) in [6, 6.07) is 0. The minimum atomic E-state index is 0.466. The van der Waals surface area contributed by atoms with Gasteiger partial charge in [-0.25, -0.2) is 0 Å². The first kappa shape index (κ1) is 19.0. The molecule has 1 fully saturated rings. The van der Waals surface area contributed by atoms with Crippen LogP contribution in [0.15, 0.2) is 0 Å². The highest BCUT2D eigenvalue weighted by atomic mass is 14.9. The highest BCUT2D eigenvalue weighted by molar-refractivity contribution is 4.87. The minimum absolute atomic E-state index is 0.466. The number of hydrogen-bond acceptors (Lipinski definition) is 1. The standard InChI is InChI=1S/C20H41N/c1-16(2)11-13-21-15-20(6,7)18-9-8-17(14-18)10-12-19(3,4)5/h16-18,21H,8-15H2,1-7H3. The zero-order chi connectivity index (χ0) is 16.1. The van der Waals surface area contributed by atoms with Crippen molar-refractivity contribution in [2.24, 2.45) is 28.6 Å². The van der Waals surface area contributed by atoms with Gasteiger partial charge in [0.25, 0.3) is 0 Å². The van der Waals surface area contributed by atoms with Crippen molar-refractivity contribution in [3.63, 3.8) is 0 Å². The van der Waals surface area contributed by atoms with Crippen LogP contribution in [-0.4, -0.2) is 13.1 Å². The predicted molar refractivity (Wildman–Crippen MR) is 95.6 cm³/mol. The van der Waals surface area contributed by atoms with Gasteiger partial charge < -0.3 is 5.32 Å². The van der Waals surface area contributed by atoms with E-state index in [1.54, 1.807) is 0 Å². The topological polar surface area (TPSA) is 12.0 Å². The molecule has 1 saturated carbocycles. The van der Waals surface area contributed by atoms with Gasteiger partial charge in [0, 0.05) is 6.54 Å². The molecule has 0 amide bonds. The third-order valence-corrected chi connectivity index (χ3v) is 5.43. The lowest BCUT2D eigenvalue weighted by molar-refractivity contribution is 0.198. The van der Waals surface area contributed by atoms with Crippen LogP contribution in [0.25, 0.3) is 0 Å². The van der Waals surface area contributed by atoms with Crippen LogP contribution in [0.2, 0.25) is 0 Å². The Bertz CT molecular complexity index is 285. The minimum Gasteiger partial charge on any atom is -0.316 e. The molecular weight excluding hydrogens is 254 g/mol. The summed E-state index contributed by atoms with van der Waals surface area (Å²) in [6.45, 7) is 19.1. The fourth-order valence-corrected chi connectivity index (χ4v) is 3.63. The molecule has 126 valence electrons. The molecular formula is C20H41N. The van der Waals surface area contributed by atoms with Gasteiger partial charge in [-0.2, -0.15) is 0 Å². The van der Waals surface area contributed by atoms with Crippen molar-refractivity contribution in [3.05, 3.63) is 0 Å². The lowest BCUT2D eigenvalue weighted by Crippen LogP contribution is -2.35. The molecule has 1 aliphatic carbocycles. The van der Waals surface area contributed by atoms with Crippen LogP contribution in [0.4, 0.5) is 0 Å². The van der Waals surface area contributed by atoms with Crippen LogP contribution in [0.5, 0.6) is 0 Å². The molecule has 0 aliphatic heterocycles. The maximum absolute atomic E-state index is 3.70. The van der Waals surface area contributed by atoms with Gasteiger partial charge in [-0.05, 0) is 67.2 Å². The Kier molecular flexibility index (Phi) is 7.24. The van der Waals surface area contributed by atoms with Gasteiger partial charge >= 0.3 is 0 Å². The molecule has 2 unspecified atom stereocenters. The van der Waals surface area contributed by atoms with E-state index in [9.17, 15) is 0 Å². The molecule has 0 bridgehead atoms. The molecule has 0 radical (unpaired) electrons. The molecule has 0 spiro atoms. The van der Waals surface area contributed by atoms with Gasteiger partial charge in [-0.3, -0.25) is 0 Å². The second kappa shape index (κ2) is 7.99. The molecule has 1 nitrogen and oxygen atoms in total. The molecule has 1 heteroatoms. The first-order valence-corrected chi connectivity index (χ1v) is 9.31. The maximum atomic E-state index is 3.70. The summed E-state index contributed by atoms with van der Waals surface area (Å²) in [4.78, 5) is 0. The Morgan fingerprint density at radius 3 is 2.29 bits per heavy atom. The van der Waals surface area contributed by atoms with Gasteiger partial charge in [0.1, 0.15) is 0 Å². The Balaban J connectivity index is 2.29. The third kappa shape index (κ3) is 7.68. The van der Waals surface area contributed by atoms with E-state index >= 15 is 0 Å². The Morgan fingerprint density at radius 1 is 1.05 bits per heavy atom. The molecule has 21 heavy (non-hydrogen) atoms. The van der Waals surface area contributed by atoms with E-state index in [4.69, 9.17) is 0 Å². The fourth-order valence-electron chi connectivity index (χ4n) is 3.63. The summed E-state index contributed by atoms with van der Waals surface area (Å²) in [5, 5.41) is 3.70. The van der Waals surface area contributed by atoms with E-state index in [2.05, 4.69) is 53.8 Å². The lowest BCUT2D eigenvalue weighted by Gasteiger charge is -2.32. The maximum Gasteiger partial charge on any atom is 0.000517 e. The van der Waals surface area contributed by atoms with E-state index in [1.807, 2.05) is 0 Å². The zero-order valence-corrected chi connectivity index (χ0v) is 15.9. The van der Waals surface area contributed by atoms with Crippen molar-refractivity contribution in [3.8, 4) is 0 Å². The molecule has 0 aromatic heterocycles. The first-order chi connectivity index (χ1) is 9.60. The van der Waals surface area contributed by atoms with Crippen molar-refractivity contribution in [1.82, 2.24) is 5.32 Å². The molecule has 2 atom stereocenters. The van der Waals surface area contributed by atoms with Gasteiger partial charge in [0.2, 0.25) is 0 Å². The quantitative estimate of drug-likeness (QED) is 0.550. The Hall–Kier alpha value is -0.0400. The van der Waals surface area contributed by atoms with Gasteiger partial charge in [-0.15, -0.1) is 0 Å². The second-order valence-corrected chi connectivity index (χ2v) is 9.82. The van der Waals surface area contributed by atoms with Crippen molar-refractivity contribution in [2.45, 2.75) is 87.0 Å². The molecule has 1 rings (SSSR count). The Labute approximate surface area is 134 Å².